The molecule has 30 heavy (non-hydrogen) atoms. The van der Waals surface area contributed by atoms with E-state index in [1.807, 2.05) is 28.8 Å². The predicted octanol–water partition coefficient (Wildman–Crippen LogP) is 2.41. The molecule has 0 spiro atoms. The number of hydrogen-bond donors (Lipinski definition) is 0. The molecule has 3 atom stereocenters. The van der Waals surface area contributed by atoms with Crippen LogP contribution in [0.3, 0.4) is 0 Å². The van der Waals surface area contributed by atoms with Crippen LogP contribution in [0.15, 0.2) is 12.3 Å². The average Bonchev–Trinajstić information content (AvgIpc) is 3.18. The Morgan fingerprint density at radius 2 is 2.00 bits per heavy atom. The van der Waals surface area contributed by atoms with Gasteiger partial charge in [0.15, 0.2) is 0 Å². The van der Waals surface area contributed by atoms with Crippen LogP contribution in [0.25, 0.3) is 0 Å². The summed E-state index contributed by atoms with van der Waals surface area (Å²) in [4.78, 5) is 25.2. The van der Waals surface area contributed by atoms with Crippen LogP contribution in [0.1, 0.15) is 64.8 Å². The molecule has 166 valence electrons. The molecule has 2 saturated heterocycles. The zero-order chi connectivity index (χ0) is 21.1. The maximum atomic E-state index is 11.7. The second kappa shape index (κ2) is 8.93. The minimum absolute atomic E-state index is 0.143. The third-order valence-electron chi connectivity index (χ3n) is 6.01. The standard InChI is InChI=1S/C21H31N3O6/c1-15-14-23(20-21(2,29-15)30-19(26)18(25)28-20)11-6-7-13-27-17-10-12-24(22-17)16-8-4-3-5-9-16/h10,12,15-16,20H,3-9,11,13-14H2,1-2H3. The molecule has 1 aromatic heterocycles. The Morgan fingerprint density at radius 3 is 2.80 bits per heavy atom. The summed E-state index contributed by atoms with van der Waals surface area (Å²) < 4.78 is 24.1. The third kappa shape index (κ3) is 4.62. The monoisotopic (exact) mass is 421 g/mol. The first-order valence-electron chi connectivity index (χ1n) is 11.0. The van der Waals surface area contributed by atoms with Crippen molar-refractivity contribution >= 4 is 11.9 Å². The van der Waals surface area contributed by atoms with E-state index in [1.54, 1.807) is 6.92 Å². The zero-order valence-corrected chi connectivity index (χ0v) is 17.7. The van der Waals surface area contributed by atoms with Gasteiger partial charge >= 0.3 is 11.9 Å². The second-order valence-corrected chi connectivity index (χ2v) is 8.57. The molecule has 2 aliphatic heterocycles. The van der Waals surface area contributed by atoms with Gasteiger partial charge in [-0.1, -0.05) is 19.3 Å². The van der Waals surface area contributed by atoms with E-state index in [0.29, 0.717) is 31.6 Å². The van der Waals surface area contributed by atoms with Crippen molar-refractivity contribution in [3.63, 3.8) is 0 Å². The van der Waals surface area contributed by atoms with Gasteiger partial charge < -0.3 is 18.9 Å². The smallest absolute Gasteiger partial charge is 0.420 e. The Balaban J connectivity index is 1.23. The summed E-state index contributed by atoms with van der Waals surface area (Å²) >= 11 is 0. The molecule has 4 rings (SSSR count). The topological polar surface area (TPSA) is 92.1 Å². The van der Waals surface area contributed by atoms with Crippen LogP contribution in [0.5, 0.6) is 5.88 Å². The summed E-state index contributed by atoms with van der Waals surface area (Å²) in [6.45, 7) is 5.38. The number of rotatable bonds is 7. The lowest BCUT2D eigenvalue weighted by molar-refractivity contribution is -0.346. The number of fused-ring (bicyclic) bond motifs is 1. The number of morpholine rings is 1. The van der Waals surface area contributed by atoms with Crippen molar-refractivity contribution in [2.75, 3.05) is 19.7 Å². The fourth-order valence-electron chi connectivity index (χ4n) is 4.63. The van der Waals surface area contributed by atoms with Crippen LogP contribution in [-0.4, -0.2) is 64.4 Å². The number of unbranched alkanes of at least 4 members (excludes halogenated alkanes) is 1. The fourth-order valence-corrected chi connectivity index (χ4v) is 4.63. The van der Waals surface area contributed by atoms with Gasteiger partial charge in [-0.15, -0.1) is 5.10 Å². The largest absolute Gasteiger partial charge is 0.477 e. The van der Waals surface area contributed by atoms with Crippen molar-refractivity contribution in [3.8, 4) is 5.88 Å². The molecule has 3 aliphatic rings. The van der Waals surface area contributed by atoms with Crippen LogP contribution in [0, 0.1) is 0 Å². The first kappa shape index (κ1) is 21.1. The number of aromatic nitrogens is 2. The van der Waals surface area contributed by atoms with Crippen molar-refractivity contribution in [3.05, 3.63) is 12.3 Å². The molecule has 3 heterocycles. The van der Waals surface area contributed by atoms with Crippen LogP contribution in [0.4, 0.5) is 0 Å². The Labute approximate surface area is 176 Å². The Kier molecular flexibility index (Phi) is 6.29. The van der Waals surface area contributed by atoms with Gasteiger partial charge in [-0.05, 0) is 32.6 Å². The summed E-state index contributed by atoms with van der Waals surface area (Å²) in [6.07, 6.45) is 9.07. The SMILES string of the molecule is CC1CN(CCCCOc2ccn(C3CCCCC3)n2)C2OC(=O)C(=O)OC2(C)O1. The van der Waals surface area contributed by atoms with Crippen molar-refractivity contribution in [2.24, 2.45) is 0 Å². The Morgan fingerprint density at radius 1 is 1.20 bits per heavy atom. The van der Waals surface area contributed by atoms with Gasteiger partial charge in [0, 0.05) is 32.3 Å². The highest BCUT2D eigenvalue weighted by atomic mass is 16.8. The molecular weight excluding hydrogens is 390 g/mol. The molecule has 0 aromatic carbocycles. The molecule has 3 unspecified atom stereocenters. The summed E-state index contributed by atoms with van der Waals surface area (Å²) in [7, 11) is 0. The zero-order valence-electron chi connectivity index (χ0n) is 17.7. The Bertz CT molecular complexity index is 762. The third-order valence-corrected chi connectivity index (χ3v) is 6.01. The van der Waals surface area contributed by atoms with Gasteiger partial charge in [-0.3, -0.25) is 9.58 Å². The number of carbonyl (C=O) groups is 2. The molecule has 0 amide bonds. The van der Waals surface area contributed by atoms with Crippen molar-refractivity contribution in [1.82, 2.24) is 14.7 Å². The van der Waals surface area contributed by atoms with Gasteiger partial charge in [0.2, 0.25) is 12.1 Å². The molecule has 0 radical (unpaired) electrons. The van der Waals surface area contributed by atoms with E-state index in [-0.39, 0.29) is 6.10 Å². The van der Waals surface area contributed by atoms with Gasteiger partial charge in [-0.25, -0.2) is 9.59 Å². The maximum absolute atomic E-state index is 11.7. The summed E-state index contributed by atoms with van der Waals surface area (Å²) in [6, 6.07) is 2.43. The lowest BCUT2D eigenvalue weighted by Crippen LogP contribution is -2.67. The van der Waals surface area contributed by atoms with Gasteiger partial charge in [-0.2, -0.15) is 0 Å². The molecular formula is C21H31N3O6. The van der Waals surface area contributed by atoms with Gasteiger partial charge in [0.1, 0.15) is 0 Å². The average molecular weight is 421 g/mol. The van der Waals surface area contributed by atoms with Crippen molar-refractivity contribution < 1.29 is 28.5 Å². The second-order valence-electron chi connectivity index (χ2n) is 8.57. The van der Waals surface area contributed by atoms with E-state index in [9.17, 15) is 9.59 Å². The quantitative estimate of drug-likeness (QED) is 0.377. The molecule has 9 heteroatoms. The van der Waals surface area contributed by atoms with E-state index < -0.39 is 24.0 Å². The summed E-state index contributed by atoms with van der Waals surface area (Å²) in [5.41, 5.74) is 0. The van der Waals surface area contributed by atoms with Crippen LogP contribution < -0.4 is 4.74 Å². The van der Waals surface area contributed by atoms with Gasteiger partial charge in [0.25, 0.3) is 5.79 Å². The van der Waals surface area contributed by atoms with Crippen molar-refractivity contribution in [2.45, 2.75) is 83.0 Å². The van der Waals surface area contributed by atoms with E-state index in [1.165, 1.54) is 32.1 Å². The lowest BCUT2D eigenvalue weighted by atomic mass is 9.96. The lowest BCUT2D eigenvalue weighted by Gasteiger charge is -2.49. The number of nitrogens with zero attached hydrogens (tertiary/aromatic N) is 3. The molecule has 1 aromatic rings. The van der Waals surface area contributed by atoms with E-state index >= 15 is 0 Å². The molecule has 1 aliphatic carbocycles. The molecule has 9 nitrogen and oxygen atoms in total. The van der Waals surface area contributed by atoms with Crippen LogP contribution in [0.2, 0.25) is 0 Å². The first-order valence-corrected chi connectivity index (χ1v) is 11.0. The summed E-state index contributed by atoms with van der Waals surface area (Å²) in [5, 5.41) is 4.57. The number of ether oxygens (including phenoxy) is 4. The highest BCUT2D eigenvalue weighted by Crippen LogP contribution is 2.33. The highest BCUT2D eigenvalue weighted by molar-refractivity contribution is 6.30. The molecule has 0 bridgehead atoms. The first-order chi connectivity index (χ1) is 14.4. The number of esters is 2. The minimum atomic E-state index is -1.27. The predicted molar refractivity (Wildman–Crippen MR) is 106 cm³/mol. The highest BCUT2D eigenvalue weighted by Gasteiger charge is 2.55. The normalized spacial score (nSPS) is 30.5. The maximum Gasteiger partial charge on any atom is 0.420 e. The van der Waals surface area contributed by atoms with E-state index in [4.69, 9.17) is 18.9 Å². The minimum Gasteiger partial charge on any atom is -0.477 e. The molecule has 1 saturated carbocycles. The van der Waals surface area contributed by atoms with Crippen LogP contribution in [-0.2, 0) is 23.8 Å². The number of hydrogen-bond acceptors (Lipinski definition) is 8. The number of carbonyl (C=O) groups excluding carboxylic acids is 2. The summed E-state index contributed by atoms with van der Waals surface area (Å²) in [5.74, 6) is -2.59. The van der Waals surface area contributed by atoms with Gasteiger partial charge in [0.05, 0.1) is 18.8 Å². The van der Waals surface area contributed by atoms with E-state index in [2.05, 4.69) is 5.10 Å². The van der Waals surface area contributed by atoms with Crippen molar-refractivity contribution in [1.29, 1.82) is 0 Å². The fraction of sp³-hybridized carbons (Fsp3) is 0.762. The van der Waals surface area contributed by atoms with Crippen LogP contribution >= 0.6 is 0 Å². The molecule has 0 N–H and O–H groups in total. The molecule has 3 fully saturated rings. The Hall–Kier alpha value is -2.13. The van der Waals surface area contributed by atoms with E-state index in [0.717, 1.165) is 12.8 Å².